The monoisotopic (exact) mass is 458 g/mol. The third-order valence-corrected chi connectivity index (χ3v) is 6.84. The van der Waals surface area contributed by atoms with Gasteiger partial charge in [-0.1, -0.05) is 54.1 Å². The molecule has 1 amide bonds. The van der Waals surface area contributed by atoms with Crippen molar-refractivity contribution in [2.75, 3.05) is 14.1 Å². The Labute approximate surface area is 187 Å². The van der Waals surface area contributed by atoms with E-state index < -0.39 is 15.9 Å². The average molecular weight is 459 g/mol. The number of nitrogens with one attached hydrogen (secondary N) is 1. The number of carbonyl (C=O) groups is 1. The summed E-state index contributed by atoms with van der Waals surface area (Å²) in [6.45, 7) is 0.700. The maximum Gasteiger partial charge on any atom is 0.251 e. The van der Waals surface area contributed by atoms with Crippen LogP contribution in [0.1, 0.15) is 21.5 Å². The Morgan fingerprint density at radius 3 is 2.39 bits per heavy atom. The van der Waals surface area contributed by atoms with Crippen LogP contribution in [0.15, 0.2) is 77.7 Å². The van der Waals surface area contributed by atoms with Gasteiger partial charge in [0.25, 0.3) is 5.91 Å². The molecule has 0 heterocycles. The van der Waals surface area contributed by atoms with Gasteiger partial charge in [0.1, 0.15) is 17.3 Å². The van der Waals surface area contributed by atoms with Gasteiger partial charge in [-0.15, -0.1) is 0 Å². The standard InChI is InChI=1S/C23H23ClN2O4S/c1-26(2)31(28,29)22-14-19(11-12-21(22)24)23(27)25-15-17-7-6-8-18(13-17)16-30-20-9-4-3-5-10-20/h3-14H,15-16H2,1-2H3,(H,25,27). The molecule has 3 aromatic carbocycles. The van der Waals surface area contributed by atoms with Crippen molar-refractivity contribution in [2.24, 2.45) is 0 Å². The summed E-state index contributed by atoms with van der Waals surface area (Å²) in [4.78, 5) is 12.5. The SMILES string of the molecule is CN(C)S(=O)(=O)c1cc(C(=O)NCc2cccc(COc3ccccc3)c2)ccc1Cl. The summed E-state index contributed by atoms with van der Waals surface area (Å²) in [6.07, 6.45) is 0. The lowest BCUT2D eigenvalue weighted by Crippen LogP contribution is -2.25. The van der Waals surface area contributed by atoms with Crippen molar-refractivity contribution in [3.63, 3.8) is 0 Å². The predicted octanol–water partition coefficient (Wildman–Crippen LogP) is 4.10. The fourth-order valence-electron chi connectivity index (χ4n) is 2.84. The Morgan fingerprint density at radius 1 is 0.968 bits per heavy atom. The first-order chi connectivity index (χ1) is 14.8. The lowest BCUT2D eigenvalue weighted by Gasteiger charge is -2.14. The number of rotatable bonds is 8. The first-order valence-corrected chi connectivity index (χ1v) is 11.3. The molecule has 0 saturated carbocycles. The summed E-state index contributed by atoms with van der Waals surface area (Å²) < 4.78 is 31.6. The number of benzene rings is 3. The molecule has 162 valence electrons. The van der Waals surface area contributed by atoms with Gasteiger partial charge in [-0.3, -0.25) is 4.79 Å². The lowest BCUT2D eigenvalue weighted by molar-refractivity contribution is 0.0950. The first kappa shape index (κ1) is 22.8. The fourth-order valence-corrected chi connectivity index (χ4v) is 4.23. The molecule has 1 N–H and O–H groups in total. The van der Waals surface area contributed by atoms with Gasteiger partial charge in [0.2, 0.25) is 10.0 Å². The van der Waals surface area contributed by atoms with Crippen molar-refractivity contribution >= 4 is 27.5 Å². The van der Waals surface area contributed by atoms with Gasteiger partial charge in [0, 0.05) is 26.2 Å². The molecule has 0 aliphatic rings. The summed E-state index contributed by atoms with van der Waals surface area (Å²) in [7, 11) is -0.939. The molecule has 0 aliphatic carbocycles. The second kappa shape index (κ2) is 9.96. The minimum absolute atomic E-state index is 0.0661. The highest BCUT2D eigenvalue weighted by molar-refractivity contribution is 7.89. The third kappa shape index (κ3) is 5.85. The Balaban J connectivity index is 1.66. The lowest BCUT2D eigenvalue weighted by atomic mass is 10.1. The normalized spacial score (nSPS) is 11.4. The van der Waals surface area contributed by atoms with Crippen LogP contribution in [0.2, 0.25) is 5.02 Å². The molecular formula is C23H23ClN2O4S. The van der Waals surface area contributed by atoms with Crippen LogP contribution in [-0.2, 0) is 23.2 Å². The number of hydrogen-bond donors (Lipinski definition) is 1. The summed E-state index contributed by atoms with van der Waals surface area (Å²) in [5, 5.41) is 2.88. The zero-order valence-corrected chi connectivity index (χ0v) is 18.8. The second-order valence-electron chi connectivity index (χ2n) is 7.04. The Morgan fingerprint density at radius 2 is 1.68 bits per heavy atom. The fraction of sp³-hybridized carbons (Fsp3) is 0.174. The molecule has 0 bridgehead atoms. The molecule has 0 fully saturated rings. The van der Waals surface area contributed by atoms with E-state index in [0.717, 1.165) is 21.2 Å². The number of ether oxygens (including phenoxy) is 1. The van der Waals surface area contributed by atoms with Gasteiger partial charge < -0.3 is 10.1 Å². The largest absolute Gasteiger partial charge is 0.489 e. The van der Waals surface area contributed by atoms with Crippen molar-refractivity contribution < 1.29 is 17.9 Å². The van der Waals surface area contributed by atoms with Crippen LogP contribution in [0.5, 0.6) is 5.75 Å². The van der Waals surface area contributed by atoms with E-state index in [2.05, 4.69) is 5.32 Å². The molecule has 0 unspecified atom stereocenters. The van der Waals surface area contributed by atoms with Crippen molar-refractivity contribution in [1.29, 1.82) is 0 Å². The number of para-hydroxylation sites is 1. The summed E-state index contributed by atoms with van der Waals surface area (Å²) in [6, 6.07) is 21.4. The van der Waals surface area contributed by atoms with Crippen molar-refractivity contribution in [3.8, 4) is 5.75 Å². The highest BCUT2D eigenvalue weighted by Crippen LogP contribution is 2.25. The van der Waals surface area contributed by atoms with Crippen LogP contribution in [0.25, 0.3) is 0 Å². The first-order valence-electron chi connectivity index (χ1n) is 9.53. The van der Waals surface area contributed by atoms with Gasteiger partial charge in [-0.25, -0.2) is 12.7 Å². The molecule has 31 heavy (non-hydrogen) atoms. The Kier molecular flexibility index (Phi) is 7.33. The number of halogens is 1. The highest BCUT2D eigenvalue weighted by atomic mass is 35.5. The molecule has 0 spiro atoms. The topological polar surface area (TPSA) is 75.7 Å². The summed E-state index contributed by atoms with van der Waals surface area (Å²) in [5.74, 6) is 0.394. The molecule has 0 radical (unpaired) electrons. The molecule has 0 aliphatic heterocycles. The number of carbonyl (C=O) groups excluding carboxylic acids is 1. The van der Waals surface area contributed by atoms with E-state index in [4.69, 9.17) is 16.3 Å². The van der Waals surface area contributed by atoms with Crippen LogP contribution in [0.4, 0.5) is 0 Å². The van der Waals surface area contributed by atoms with E-state index in [1.165, 1.54) is 32.3 Å². The van der Waals surface area contributed by atoms with Crippen molar-refractivity contribution in [1.82, 2.24) is 9.62 Å². The molecule has 3 aromatic rings. The average Bonchev–Trinajstić information content (AvgIpc) is 2.77. The molecular weight excluding hydrogens is 436 g/mol. The van der Waals surface area contributed by atoms with Gasteiger partial charge in [0.15, 0.2) is 0 Å². The maximum atomic E-state index is 12.6. The van der Waals surface area contributed by atoms with Gasteiger partial charge >= 0.3 is 0 Å². The molecule has 0 atom stereocenters. The second-order valence-corrected chi connectivity index (χ2v) is 9.56. The summed E-state index contributed by atoms with van der Waals surface area (Å²) >= 11 is 6.04. The third-order valence-electron chi connectivity index (χ3n) is 4.55. The van der Waals surface area contributed by atoms with Gasteiger partial charge in [-0.05, 0) is 41.5 Å². The Hall–Kier alpha value is -2.87. The van der Waals surface area contributed by atoms with Crippen LogP contribution >= 0.6 is 11.6 Å². The molecule has 3 rings (SSSR count). The van der Waals surface area contributed by atoms with E-state index in [9.17, 15) is 13.2 Å². The Bertz CT molecular complexity index is 1170. The maximum absolute atomic E-state index is 12.6. The van der Waals surface area contributed by atoms with Crippen LogP contribution < -0.4 is 10.1 Å². The minimum Gasteiger partial charge on any atom is -0.489 e. The number of sulfonamides is 1. The van der Waals surface area contributed by atoms with Crippen LogP contribution in [0.3, 0.4) is 0 Å². The van der Waals surface area contributed by atoms with E-state index in [1.54, 1.807) is 0 Å². The van der Waals surface area contributed by atoms with Gasteiger partial charge in [-0.2, -0.15) is 0 Å². The molecule has 8 heteroatoms. The zero-order chi connectivity index (χ0) is 22.4. The number of hydrogen-bond acceptors (Lipinski definition) is 4. The molecule has 0 aromatic heterocycles. The van der Waals surface area contributed by atoms with E-state index in [-0.39, 0.29) is 22.0 Å². The number of amides is 1. The van der Waals surface area contributed by atoms with Gasteiger partial charge in [0.05, 0.1) is 5.02 Å². The highest BCUT2D eigenvalue weighted by Gasteiger charge is 2.22. The van der Waals surface area contributed by atoms with E-state index >= 15 is 0 Å². The zero-order valence-electron chi connectivity index (χ0n) is 17.2. The molecule has 6 nitrogen and oxygen atoms in total. The smallest absolute Gasteiger partial charge is 0.251 e. The summed E-state index contributed by atoms with van der Waals surface area (Å²) in [5.41, 5.74) is 2.09. The minimum atomic E-state index is -3.76. The van der Waals surface area contributed by atoms with Crippen LogP contribution in [0, 0.1) is 0 Å². The van der Waals surface area contributed by atoms with E-state index in [0.29, 0.717) is 6.61 Å². The number of nitrogens with zero attached hydrogens (tertiary/aromatic N) is 1. The molecule has 0 saturated heterocycles. The van der Waals surface area contributed by atoms with Crippen molar-refractivity contribution in [2.45, 2.75) is 18.0 Å². The van der Waals surface area contributed by atoms with Crippen molar-refractivity contribution in [3.05, 3.63) is 94.5 Å². The van der Waals surface area contributed by atoms with Crippen LogP contribution in [-0.4, -0.2) is 32.7 Å². The predicted molar refractivity (Wildman–Crippen MR) is 121 cm³/mol. The van der Waals surface area contributed by atoms with E-state index in [1.807, 2.05) is 54.6 Å². The quantitative estimate of drug-likeness (QED) is 0.551.